The molecular formula is C50H56I3N9O2. The molecule has 0 unspecified atom stereocenters. The number of halogens is 3. The number of aromatic nitrogens is 4. The van der Waals surface area contributed by atoms with Crippen molar-refractivity contribution in [1.82, 2.24) is 30.4 Å². The fourth-order valence-corrected chi connectivity index (χ4v) is 9.38. The van der Waals surface area contributed by atoms with Crippen LogP contribution in [0.5, 0.6) is 0 Å². The predicted octanol–water partition coefficient (Wildman–Crippen LogP) is 12.6. The monoisotopic (exact) mass is 1200 g/mol. The first-order chi connectivity index (χ1) is 30.9. The second-order valence-electron chi connectivity index (χ2n) is 16.9. The van der Waals surface area contributed by atoms with E-state index in [1.165, 1.54) is 0 Å². The van der Waals surface area contributed by atoms with Gasteiger partial charge in [-0.15, -0.1) is 34.2 Å². The second-order valence-corrected chi connectivity index (χ2v) is 16.9. The number of carbonyl (C=O) groups excluding carboxylic acids is 2. The molecule has 4 aromatic carbocycles. The van der Waals surface area contributed by atoms with Crippen molar-refractivity contribution in [2.75, 3.05) is 0 Å². The van der Waals surface area contributed by atoms with Gasteiger partial charge >= 0.3 is 0 Å². The lowest BCUT2D eigenvalue weighted by Crippen LogP contribution is -2.40. The van der Waals surface area contributed by atoms with E-state index in [9.17, 15) is 14.9 Å². The molecule has 64 heavy (non-hydrogen) atoms. The Morgan fingerprint density at radius 3 is 1.52 bits per heavy atom. The molecule has 2 saturated carbocycles. The van der Waals surface area contributed by atoms with Crippen LogP contribution < -0.4 is 0 Å². The summed E-state index contributed by atoms with van der Waals surface area (Å²) in [4.78, 5) is 40.4. The van der Waals surface area contributed by atoms with E-state index < -0.39 is 11.1 Å². The molecule has 0 radical (unpaired) electrons. The number of unbranched alkanes of at least 4 members (excludes halogenated alkanes) is 2. The third-order valence-electron chi connectivity index (χ3n) is 12.7. The van der Waals surface area contributed by atoms with E-state index in [0.717, 1.165) is 141 Å². The lowest BCUT2D eigenvalue weighted by molar-refractivity contribution is -0.132. The van der Waals surface area contributed by atoms with Crippen molar-refractivity contribution in [3.63, 3.8) is 0 Å². The Hall–Kier alpha value is -4.09. The van der Waals surface area contributed by atoms with Gasteiger partial charge in [0.05, 0.1) is 24.7 Å². The highest BCUT2D eigenvalue weighted by Gasteiger charge is 2.50. The zero-order valence-corrected chi connectivity index (χ0v) is 43.3. The van der Waals surface area contributed by atoms with Gasteiger partial charge in [-0.2, -0.15) is 10.5 Å². The van der Waals surface area contributed by atoms with E-state index in [1.807, 2.05) is 64.4 Å². The average molecular weight is 1200 g/mol. The van der Waals surface area contributed by atoms with Gasteiger partial charge in [-0.05, 0) is 83.2 Å². The minimum absolute atomic E-state index is 0. The maximum atomic E-state index is 13.4. The van der Waals surface area contributed by atoms with Gasteiger partial charge in [-0.25, -0.2) is 0 Å². The molecule has 2 spiro atoms. The van der Waals surface area contributed by atoms with Crippen LogP contribution in [0.4, 0.5) is 0 Å². The second kappa shape index (κ2) is 23.4. The smallest absolute Gasteiger partial charge is 0.256 e. The van der Waals surface area contributed by atoms with E-state index in [-0.39, 0.29) is 35.8 Å². The predicted molar refractivity (Wildman–Crippen MR) is 283 cm³/mol. The van der Waals surface area contributed by atoms with E-state index in [1.54, 1.807) is 0 Å². The Morgan fingerprint density at radius 2 is 1.08 bits per heavy atom. The number of nitrogens with zero attached hydrogens (tertiary/aromatic N) is 8. The van der Waals surface area contributed by atoms with E-state index >= 15 is 0 Å². The van der Waals surface area contributed by atoms with Gasteiger partial charge in [-0.1, -0.05) is 143 Å². The van der Waals surface area contributed by atoms with Crippen molar-refractivity contribution >= 4 is 84.7 Å². The SMILES string of the molecule is CCCCC1=NC2(CCCC2)C(=O)N1Cc1ccc(-c2ccccc2-c2nn[nH]n2)cc1.CCCCC1=NC2(CCCC2)C(=O)N1Cc1ccc(-c2ccccc2C#N)cc1.I.II. The minimum atomic E-state index is -0.480. The molecule has 334 valence electrons. The van der Waals surface area contributed by atoms with Gasteiger partial charge in [0.1, 0.15) is 22.7 Å². The molecule has 2 aliphatic carbocycles. The lowest BCUT2D eigenvalue weighted by atomic mass is 9.97. The van der Waals surface area contributed by atoms with Crippen LogP contribution in [-0.4, -0.2) is 65.0 Å². The summed E-state index contributed by atoms with van der Waals surface area (Å²) in [5, 5.41) is 23.8. The topological polar surface area (TPSA) is 144 Å². The number of amidine groups is 2. The largest absolute Gasteiger partial charge is 0.294 e. The first-order valence-electron chi connectivity index (χ1n) is 22.3. The van der Waals surface area contributed by atoms with Crippen LogP contribution in [0.15, 0.2) is 107 Å². The molecule has 14 heteroatoms. The number of nitrogens with one attached hydrogen (secondary N) is 1. The van der Waals surface area contributed by atoms with Gasteiger partial charge in [0.2, 0.25) is 5.82 Å². The highest BCUT2D eigenvalue weighted by molar-refractivity contribution is 15.0. The molecule has 0 atom stereocenters. The molecule has 3 heterocycles. The maximum Gasteiger partial charge on any atom is 0.256 e. The summed E-state index contributed by atoms with van der Waals surface area (Å²) in [6.45, 7) is 5.50. The van der Waals surface area contributed by atoms with E-state index in [2.05, 4.69) is 120 Å². The van der Waals surface area contributed by atoms with Gasteiger partial charge in [-0.3, -0.25) is 29.4 Å². The van der Waals surface area contributed by atoms with Crippen LogP contribution in [0.2, 0.25) is 0 Å². The number of hydrogen-bond acceptors (Lipinski definition) is 8. The Morgan fingerprint density at radius 1 is 0.641 bits per heavy atom. The molecule has 5 aromatic rings. The Kier molecular flexibility index (Phi) is 18.0. The molecule has 2 aliphatic heterocycles. The number of nitriles is 1. The summed E-state index contributed by atoms with van der Waals surface area (Å²) >= 11 is 4.24. The van der Waals surface area contributed by atoms with Gasteiger partial charge in [0.25, 0.3) is 11.8 Å². The number of rotatable bonds is 13. The zero-order valence-electron chi connectivity index (χ0n) is 36.6. The summed E-state index contributed by atoms with van der Waals surface area (Å²) < 4.78 is 0. The molecule has 2 amide bonds. The summed E-state index contributed by atoms with van der Waals surface area (Å²) in [7, 11) is 0. The standard InChI is InChI=1S/C25H28N6O.C25H27N3O.I2.HI/c1-2-3-10-22-26-25(15-6-7-16-25)24(32)31(22)17-18-11-13-19(14-12-18)20-8-4-5-9-21(20)23-27-29-30-28-23;1-2-3-10-23-27-25(15-6-7-16-25)24(29)28(23)18-19-11-13-20(14-12-19)22-9-5-4-8-21(22)17-26;1-2;/h4-5,8-9,11-14H,2-3,6-7,10,15-17H2,1H3,(H,27,28,29,30);4-5,8-9,11-14H,2-3,6-7,10,15-16,18H2,1H3;;1H. The van der Waals surface area contributed by atoms with Gasteiger partial charge in [0.15, 0.2) is 0 Å². The van der Waals surface area contributed by atoms with Crippen LogP contribution >= 0.6 is 61.2 Å². The number of amides is 2. The first kappa shape index (κ1) is 49.3. The number of benzene rings is 4. The molecule has 11 nitrogen and oxygen atoms in total. The summed E-state index contributed by atoms with van der Waals surface area (Å²) in [5.74, 6) is 2.92. The first-order valence-corrected chi connectivity index (χ1v) is 28.6. The normalized spacial score (nSPS) is 16.7. The average Bonchev–Trinajstić information content (AvgIpc) is 4.20. The van der Waals surface area contributed by atoms with Crippen LogP contribution in [0.3, 0.4) is 0 Å². The van der Waals surface area contributed by atoms with Crippen molar-refractivity contribution in [3.05, 3.63) is 114 Å². The van der Waals surface area contributed by atoms with Crippen molar-refractivity contribution < 1.29 is 9.59 Å². The van der Waals surface area contributed by atoms with Crippen LogP contribution in [-0.2, 0) is 22.7 Å². The zero-order chi connectivity index (χ0) is 44.2. The van der Waals surface area contributed by atoms with Crippen molar-refractivity contribution in [2.24, 2.45) is 9.98 Å². The highest BCUT2D eigenvalue weighted by Crippen LogP contribution is 2.42. The minimum Gasteiger partial charge on any atom is -0.294 e. The quantitative estimate of drug-likeness (QED) is 0.116. The number of aliphatic imine (C=N–C) groups is 2. The number of hydrogen-bond donors (Lipinski definition) is 1. The number of carbonyl (C=O) groups is 2. The maximum absolute atomic E-state index is 13.4. The lowest BCUT2D eigenvalue weighted by Gasteiger charge is -2.23. The third kappa shape index (κ3) is 10.9. The fraction of sp³-hybridized carbons (Fsp3) is 0.400. The van der Waals surface area contributed by atoms with Crippen molar-refractivity contribution in [3.8, 4) is 39.7 Å². The summed E-state index contributed by atoms with van der Waals surface area (Å²) in [6, 6.07) is 34.5. The summed E-state index contributed by atoms with van der Waals surface area (Å²) in [6.07, 6.45) is 14.0. The number of tetrazole rings is 1. The highest BCUT2D eigenvalue weighted by atomic mass is 128. The number of H-pyrrole nitrogens is 1. The molecule has 0 saturated heterocycles. The molecule has 1 N–H and O–H groups in total. The van der Waals surface area contributed by atoms with Crippen molar-refractivity contribution in [1.29, 1.82) is 5.26 Å². The molecule has 9 rings (SSSR count). The van der Waals surface area contributed by atoms with E-state index in [4.69, 9.17) is 9.98 Å². The Bertz CT molecular complexity index is 2440. The Labute approximate surface area is 417 Å². The summed E-state index contributed by atoms with van der Waals surface area (Å²) in [5.41, 5.74) is 6.94. The molecule has 1 aromatic heterocycles. The van der Waals surface area contributed by atoms with E-state index in [0.29, 0.717) is 24.5 Å². The van der Waals surface area contributed by atoms with Crippen LogP contribution in [0, 0.1) is 11.3 Å². The Balaban J connectivity index is 0.000000203. The van der Waals surface area contributed by atoms with Crippen molar-refractivity contribution in [2.45, 2.75) is 128 Å². The van der Waals surface area contributed by atoms with Crippen LogP contribution in [0.1, 0.15) is 120 Å². The van der Waals surface area contributed by atoms with Crippen LogP contribution in [0.25, 0.3) is 33.6 Å². The van der Waals surface area contributed by atoms with Gasteiger partial charge in [0, 0.05) is 55.6 Å². The molecule has 4 aliphatic rings. The van der Waals surface area contributed by atoms with Gasteiger partial charge < -0.3 is 0 Å². The molecule has 2 fully saturated rings. The molecule has 0 bridgehead atoms. The molecular weight excluding hydrogens is 1140 g/mol. The third-order valence-corrected chi connectivity index (χ3v) is 12.7. The number of aromatic amines is 1. The fourth-order valence-electron chi connectivity index (χ4n) is 9.38.